The second-order valence-electron chi connectivity index (χ2n) is 4.91. The molecule has 1 aromatic rings. The first kappa shape index (κ1) is 13.4. The summed E-state index contributed by atoms with van der Waals surface area (Å²) in [7, 11) is 8.14. The molecule has 0 spiro atoms. The summed E-state index contributed by atoms with van der Waals surface area (Å²) in [6.07, 6.45) is 8.50. The third-order valence-corrected chi connectivity index (χ3v) is 2.22. The summed E-state index contributed by atoms with van der Waals surface area (Å²) in [5.41, 5.74) is 3.68. The monoisotopic (exact) mass is 233 g/mol. The summed E-state index contributed by atoms with van der Waals surface area (Å²) in [4.78, 5) is 2.06. The molecule has 0 aliphatic rings. The van der Waals surface area contributed by atoms with Crippen LogP contribution in [0.1, 0.15) is 11.1 Å². The maximum absolute atomic E-state index is 2.18. The van der Waals surface area contributed by atoms with Gasteiger partial charge in [-0.2, -0.15) is 4.57 Å². The molecule has 0 aromatic carbocycles. The van der Waals surface area contributed by atoms with Gasteiger partial charge >= 0.3 is 0 Å². The number of hydrogen-bond donors (Lipinski definition) is 0. The third-order valence-electron chi connectivity index (χ3n) is 2.22. The van der Waals surface area contributed by atoms with Crippen LogP contribution in [-0.4, -0.2) is 43.9 Å². The molecule has 3 heteroatoms. The van der Waals surface area contributed by atoms with Crippen LogP contribution in [0.2, 0.25) is 0 Å². The van der Waals surface area contributed by atoms with Crippen molar-refractivity contribution in [2.24, 2.45) is 0 Å². The lowest BCUT2D eigenvalue weighted by Crippen LogP contribution is -2.35. The van der Waals surface area contributed by atoms with Crippen molar-refractivity contribution >= 4 is 11.9 Å². The van der Waals surface area contributed by atoms with Crippen molar-refractivity contribution in [3.63, 3.8) is 0 Å². The topological polar surface area (TPSA) is 10.1 Å². The Morgan fingerprint density at radius 2 is 1.71 bits per heavy atom. The van der Waals surface area contributed by atoms with Crippen LogP contribution in [0.25, 0.3) is 5.70 Å². The molecule has 17 heavy (non-hydrogen) atoms. The molecule has 0 aliphatic carbocycles. The Bertz CT molecular complexity index is 432. The predicted molar refractivity (Wildman–Crippen MR) is 72.2 cm³/mol. The largest absolute Gasteiger partial charge is 0.378 e. The first-order valence-electron chi connectivity index (χ1n) is 5.78. The number of hydrogen-bond acceptors (Lipinski definition) is 1. The van der Waals surface area contributed by atoms with Gasteiger partial charge in [0, 0.05) is 25.2 Å². The van der Waals surface area contributed by atoms with Gasteiger partial charge in [0.05, 0.1) is 6.20 Å². The molecule has 1 aromatic heterocycles. The average molecular weight is 233 g/mol. The van der Waals surface area contributed by atoms with Gasteiger partial charge < -0.3 is 4.90 Å². The first-order valence-corrected chi connectivity index (χ1v) is 5.78. The first-order chi connectivity index (χ1) is 7.88. The van der Waals surface area contributed by atoms with Crippen LogP contribution < -0.4 is 4.57 Å². The zero-order valence-electron chi connectivity index (χ0n) is 11.7. The van der Waals surface area contributed by atoms with Crippen LogP contribution >= 0.6 is 0 Å². The molecule has 0 aliphatic heterocycles. The van der Waals surface area contributed by atoms with Crippen molar-refractivity contribution in [3.8, 4) is 0 Å². The summed E-state index contributed by atoms with van der Waals surface area (Å²) in [6.45, 7) is 4.24. The number of pyridine rings is 1. The van der Waals surface area contributed by atoms with E-state index in [4.69, 9.17) is 0 Å². The van der Waals surface area contributed by atoms with Gasteiger partial charge in [-0.25, -0.2) is 4.58 Å². The van der Waals surface area contributed by atoms with E-state index in [1.165, 1.54) is 11.1 Å². The molecule has 0 fully saturated rings. The Morgan fingerprint density at radius 1 is 1.18 bits per heavy atom. The van der Waals surface area contributed by atoms with E-state index in [1.54, 1.807) is 0 Å². The second kappa shape index (κ2) is 5.62. The molecule has 0 atom stereocenters. The summed E-state index contributed by atoms with van der Waals surface area (Å²) in [6, 6.07) is 2.18. The highest BCUT2D eigenvalue weighted by atomic mass is 15.1. The molecule has 0 radical (unpaired) electrons. The van der Waals surface area contributed by atoms with Gasteiger partial charge in [-0.05, 0) is 19.9 Å². The smallest absolute Gasteiger partial charge is 0.290 e. The van der Waals surface area contributed by atoms with Crippen molar-refractivity contribution in [3.05, 3.63) is 35.8 Å². The molecular weight excluding hydrogens is 210 g/mol. The summed E-state index contributed by atoms with van der Waals surface area (Å²) < 4.78 is 4.21. The fourth-order valence-corrected chi connectivity index (χ4v) is 1.75. The van der Waals surface area contributed by atoms with Gasteiger partial charge in [-0.1, -0.05) is 0 Å². The zero-order valence-corrected chi connectivity index (χ0v) is 11.7. The lowest BCUT2D eigenvalue weighted by molar-refractivity contribution is -0.581. The van der Waals surface area contributed by atoms with Gasteiger partial charge in [0.25, 0.3) is 5.70 Å². The van der Waals surface area contributed by atoms with E-state index < -0.39 is 0 Å². The molecule has 1 heterocycles. The van der Waals surface area contributed by atoms with Gasteiger partial charge in [-0.3, -0.25) is 0 Å². The van der Waals surface area contributed by atoms with Crippen molar-refractivity contribution in [2.45, 2.75) is 13.8 Å². The van der Waals surface area contributed by atoms with Crippen LogP contribution in [0.3, 0.4) is 0 Å². The predicted octanol–water partition coefficient (Wildman–Crippen LogP) is 1.29. The maximum Gasteiger partial charge on any atom is 0.290 e. The van der Waals surface area contributed by atoms with Gasteiger partial charge in [0.2, 0.25) is 6.21 Å². The lowest BCUT2D eigenvalue weighted by atomic mass is 10.2. The highest BCUT2D eigenvalue weighted by Gasteiger charge is 2.13. The molecule has 0 saturated carbocycles. The maximum atomic E-state index is 2.18. The summed E-state index contributed by atoms with van der Waals surface area (Å²) >= 11 is 0. The quantitative estimate of drug-likeness (QED) is 0.565. The molecule has 1 rings (SSSR count). The number of allylic oxidation sites excluding steroid dienone is 1. The van der Waals surface area contributed by atoms with E-state index in [-0.39, 0.29) is 0 Å². The van der Waals surface area contributed by atoms with Crippen molar-refractivity contribution < 1.29 is 9.14 Å². The molecular formula is C14H23N3+2. The minimum absolute atomic E-state index is 1.15. The van der Waals surface area contributed by atoms with Crippen LogP contribution in [0.5, 0.6) is 0 Å². The van der Waals surface area contributed by atoms with Crippen molar-refractivity contribution in [1.82, 2.24) is 4.90 Å². The highest BCUT2D eigenvalue weighted by molar-refractivity contribution is 5.94. The fourth-order valence-electron chi connectivity index (χ4n) is 1.75. The Kier molecular flexibility index (Phi) is 4.44. The van der Waals surface area contributed by atoms with E-state index in [9.17, 15) is 0 Å². The Balaban J connectivity index is 3.27. The van der Waals surface area contributed by atoms with Gasteiger partial charge in [0.15, 0.2) is 12.4 Å². The summed E-state index contributed by atoms with van der Waals surface area (Å²) in [5, 5.41) is 0. The summed E-state index contributed by atoms with van der Waals surface area (Å²) in [5.74, 6) is 0. The van der Waals surface area contributed by atoms with Crippen LogP contribution in [0, 0.1) is 13.8 Å². The number of aromatic nitrogens is 1. The number of rotatable bonds is 3. The molecule has 92 valence electrons. The minimum atomic E-state index is 1.15. The molecule has 0 amide bonds. The Morgan fingerprint density at radius 3 is 2.12 bits per heavy atom. The van der Waals surface area contributed by atoms with E-state index in [2.05, 4.69) is 58.8 Å². The lowest BCUT2D eigenvalue weighted by Gasteiger charge is -2.04. The van der Waals surface area contributed by atoms with E-state index in [1.807, 2.05) is 28.2 Å². The van der Waals surface area contributed by atoms with Gasteiger partial charge in [-0.15, -0.1) is 0 Å². The zero-order chi connectivity index (χ0) is 13.0. The van der Waals surface area contributed by atoms with E-state index >= 15 is 0 Å². The normalized spacial score (nSPS) is 11.3. The molecule has 0 N–H and O–H groups in total. The van der Waals surface area contributed by atoms with Crippen LogP contribution in [-0.2, 0) is 0 Å². The molecule has 0 bridgehead atoms. The Hall–Kier alpha value is -1.64. The standard InChI is InChI=1S/C14H23N3/c1-12-7-13(2)9-17(8-12)14(10-15(3)4)11-16(5)6/h7-11H,1-6H3/q+2. The SMILES string of the molecule is Cc1cc(C)c[n+](/C(C=[N+](C)C)=C/N(C)C)c1. The number of aryl methyl sites for hydroxylation is 2. The van der Waals surface area contributed by atoms with Crippen LogP contribution in [0.15, 0.2) is 24.7 Å². The van der Waals surface area contributed by atoms with Crippen LogP contribution in [0.4, 0.5) is 0 Å². The molecule has 0 saturated heterocycles. The Labute approximate surface area is 104 Å². The second-order valence-corrected chi connectivity index (χ2v) is 4.91. The van der Waals surface area contributed by atoms with E-state index in [0.717, 1.165) is 5.70 Å². The van der Waals surface area contributed by atoms with Crippen molar-refractivity contribution in [2.75, 3.05) is 28.2 Å². The average Bonchev–Trinajstić information content (AvgIpc) is 2.13. The molecule has 0 unspecified atom stereocenters. The van der Waals surface area contributed by atoms with Gasteiger partial charge in [0.1, 0.15) is 14.1 Å². The minimum Gasteiger partial charge on any atom is -0.378 e. The highest BCUT2D eigenvalue weighted by Crippen LogP contribution is 2.00. The van der Waals surface area contributed by atoms with Crippen molar-refractivity contribution in [1.29, 1.82) is 0 Å². The third kappa shape index (κ3) is 4.39. The van der Waals surface area contributed by atoms with E-state index in [0.29, 0.717) is 0 Å². The number of nitrogens with zero attached hydrogens (tertiary/aromatic N) is 3. The fraction of sp³-hybridized carbons (Fsp3) is 0.429. The molecule has 3 nitrogen and oxygen atoms in total.